The number of nitrogens with zero attached hydrogens (tertiary/aromatic N) is 2. The first-order valence-corrected chi connectivity index (χ1v) is 9.42. The molecule has 1 heterocycles. The second-order valence-electron chi connectivity index (χ2n) is 5.91. The van der Waals surface area contributed by atoms with Gasteiger partial charge in [0.25, 0.3) is 11.6 Å². The zero-order valence-electron chi connectivity index (χ0n) is 14.3. The maximum Gasteiger partial charge on any atom is 0.282 e. The number of fused-ring (bicyclic) bond motifs is 1. The van der Waals surface area contributed by atoms with Crippen LogP contribution in [0.2, 0.25) is 5.02 Å². The SMILES string of the molecule is O=C(Nc1ccc(Cl)c(-c2nc3ccccc3s2)c1)c1ccccc1[N+](=O)[O-]. The molecule has 0 aliphatic heterocycles. The van der Waals surface area contributed by atoms with E-state index >= 15 is 0 Å². The van der Waals surface area contributed by atoms with E-state index in [1.54, 1.807) is 24.3 Å². The van der Waals surface area contributed by atoms with Crippen LogP contribution in [0.5, 0.6) is 0 Å². The van der Waals surface area contributed by atoms with Crippen molar-refractivity contribution in [2.24, 2.45) is 0 Å². The molecule has 0 fully saturated rings. The highest BCUT2D eigenvalue weighted by Gasteiger charge is 2.20. The largest absolute Gasteiger partial charge is 0.322 e. The van der Waals surface area contributed by atoms with Crippen molar-refractivity contribution in [2.75, 3.05) is 5.32 Å². The van der Waals surface area contributed by atoms with Gasteiger partial charge in [0.1, 0.15) is 10.6 Å². The molecule has 0 bridgehead atoms. The van der Waals surface area contributed by atoms with Crippen LogP contribution in [0.25, 0.3) is 20.8 Å². The highest BCUT2D eigenvalue weighted by Crippen LogP contribution is 2.36. The van der Waals surface area contributed by atoms with E-state index < -0.39 is 10.8 Å². The minimum absolute atomic E-state index is 0.0102. The predicted molar refractivity (Wildman–Crippen MR) is 111 cm³/mol. The first-order chi connectivity index (χ1) is 13.5. The van der Waals surface area contributed by atoms with Crippen molar-refractivity contribution in [3.8, 4) is 10.6 Å². The smallest absolute Gasteiger partial charge is 0.282 e. The summed E-state index contributed by atoms with van der Waals surface area (Å²) in [5.74, 6) is -0.565. The molecule has 0 atom stereocenters. The molecule has 0 aliphatic rings. The minimum Gasteiger partial charge on any atom is -0.322 e. The summed E-state index contributed by atoms with van der Waals surface area (Å²) in [6.07, 6.45) is 0. The van der Waals surface area contributed by atoms with Gasteiger partial charge >= 0.3 is 0 Å². The van der Waals surface area contributed by atoms with Crippen LogP contribution in [0.4, 0.5) is 11.4 Å². The number of hydrogen-bond donors (Lipinski definition) is 1. The van der Waals surface area contributed by atoms with Crippen molar-refractivity contribution in [3.63, 3.8) is 0 Å². The molecule has 0 saturated heterocycles. The van der Waals surface area contributed by atoms with Gasteiger partial charge in [-0.05, 0) is 36.4 Å². The van der Waals surface area contributed by atoms with Crippen molar-refractivity contribution in [1.29, 1.82) is 0 Å². The normalized spacial score (nSPS) is 10.8. The highest BCUT2D eigenvalue weighted by molar-refractivity contribution is 7.21. The molecular formula is C20H12ClN3O3S. The van der Waals surface area contributed by atoms with Gasteiger partial charge in [-0.3, -0.25) is 14.9 Å². The van der Waals surface area contributed by atoms with Crippen molar-refractivity contribution in [1.82, 2.24) is 4.98 Å². The van der Waals surface area contributed by atoms with Gasteiger partial charge in [-0.25, -0.2) is 4.98 Å². The number of para-hydroxylation sites is 2. The summed E-state index contributed by atoms with van der Waals surface area (Å²) in [5.41, 5.74) is 1.77. The van der Waals surface area contributed by atoms with Gasteiger partial charge in [0.2, 0.25) is 0 Å². The van der Waals surface area contributed by atoms with E-state index in [-0.39, 0.29) is 11.3 Å². The molecule has 1 aromatic heterocycles. The van der Waals surface area contributed by atoms with Crippen LogP contribution in [0.3, 0.4) is 0 Å². The Kier molecular flexibility index (Phi) is 4.77. The lowest BCUT2D eigenvalue weighted by Crippen LogP contribution is -2.13. The molecule has 1 amide bonds. The number of nitro groups is 1. The Morgan fingerprint density at radius 2 is 1.82 bits per heavy atom. The van der Waals surface area contributed by atoms with Gasteiger partial charge in [0.05, 0.1) is 20.2 Å². The Labute approximate surface area is 168 Å². The van der Waals surface area contributed by atoms with Crippen molar-refractivity contribution in [3.05, 3.63) is 87.4 Å². The number of rotatable bonds is 4. The number of carbonyl (C=O) groups excluding carboxylic acids is 1. The molecule has 4 aromatic rings. The second kappa shape index (κ2) is 7.38. The monoisotopic (exact) mass is 409 g/mol. The van der Waals surface area contributed by atoms with Crippen LogP contribution in [-0.4, -0.2) is 15.8 Å². The fourth-order valence-corrected chi connectivity index (χ4v) is 4.04. The van der Waals surface area contributed by atoms with E-state index in [4.69, 9.17) is 11.6 Å². The topological polar surface area (TPSA) is 85.1 Å². The van der Waals surface area contributed by atoms with E-state index in [0.29, 0.717) is 16.3 Å². The molecule has 1 N–H and O–H groups in total. The van der Waals surface area contributed by atoms with E-state index in [2.05, 4.69) is 10.3 Å². The number of thiazole rings is 1. The molecule has 4 rings (SSSR count). The molecule has 6 nitrogen and oxygen atoms in total. The third-order valence-corrected chi connectivity index (χ3v) is 5.49. The van der Waals surface area contributed by atoms with Gasteiger partial charge in [-0.2, -0.15) is 0 Å². The molecule has 3 aromatic carbocycles. The Hall–Kier alpha value is -3.29. The molecule has 0 saturated carbocycles. The number of benzene rings is 3. The van der Waals surface area contributed by atoms with E-state index in [1.165, 1.54) is 29.5 Å². The Morgan fingerprint density at radius 3 is 2.61 bits per heavy atom. The summed E-state index contributed by atoms with van der Waals surface area (Å²) in [4.78, 5) is 27.7. The number of hydrogen-bond acceptors (Lipinski definition) is 5. The van der Waals surface area contributed by atoms with Crippen LogP contribution in [-0.2, 0) is 0 Å². The zero-order chi connectivity index (χ0) is 19.7. The maximum absolute atomic E-state index is 12.6. The molecule has 0 aliphatic carbocycles. The molecule has 138 valence electrons. The first kappa shape index (κ1) is 18.1. The van der Waals surface area contributed by atoms with E-state index in [0.717, 1.165) is 15.2 Å². The van der Waals surface area contributed by atoms with E-state index in [9.17, 15) is 14.9 Å². The average molecular weight is 410 g/mol. The Bertz CT molecular complexity index is 1190. The van der Waals surface area contributed by atoms with Gasteiger partial charge in [-0.1, -0.05) is 35.9 Å². The number of carbonyl (C=O) groups is 1. The van der Waals surface area contributed by atoms with Crippen LogP contribution in [0.1, 0.15) is 10.4 Å². The summed E-state index contributed by atoms with van der Waals surface area (Å²) in [7, 11) is 0. The van der Waals surface area contributed by atoms with Crippen molar-refractivity contribution >= 4 is 50.4 Å². The molecule has 8 heteroatoms. The number of aromatic nitrogens is 1. The summed E-state index contributed by atoms with van der Waals surface area (Å²) < 4.78 is 1.03. The lowest BCUT2D eigenvalue weighted by atomic mass is 10.1. The molecule has 0 radical (unpaired) electrons. The van der Waals surface area contributed by atoms with Crippen molar-refractivity contribution < 1.29 is 9.72 Å². The average Bonchev–Trinajstić information content (AvgIpc) is 3.13. The summed E-state index contributed by atoms with van der Waals surface area (Å²) in [6, 6.07) is 18.6. The molecule has 0 unspecified atom stereocenters. The first-order valence-electron chi connectivity index (χ1n) is 8.23. The quantitative estimate of drug-likeness (QED) is 0.342. The van der Waals surface area contributed by atoms with Crippen LogP contribution in [0, 0.1) is 10.1 Å². The van der Waals surface area contributed by atoms with Crippen LogP contribution < -0.4 is 5.32 Å². The fourth-order valence-electron chi connectivity index (χ4n) is 2.78. The summed E-state index contributed by atoms with van der Waals surface area (Å²) in [5, 5.41) is 15.1. The van der Waals surface area contributed by atoms with Gasteiger partial charge in [-0.15, -0.1) is 11.3 Å². The Balaban J connectivity index is 1.68. The van der Waals surface area contributed by atoms with E-state index in [1.807, 2.05) is 24.3 Å². The summed E-state index contributed by atoms with van der Waals surface area (Å²) in [6.45, 7) is 0. The highest BCUT2D eigenvalue weighted by atomic mass is 35.5. The Morgan fingerprint density at radius 1 is 1.07 bits per heavy atom. The fraction of sp³-hybridized carbons (Fsp3) is 0. The maximum atomic E-state index is 12.6. The molecule has 28 heavy (non-hydrogen) atoms. The summed E-state index contributed by atoms with van der Waals surface area (Å²) >= 11 is 7.84. The van der Waals surface area contributed by atoms with Crippen LogP contribution in [0.15, 0.2) is 66.7 Å². The third-order valence-electron chi connectivity index (χ3n) is 4.09. The van der Waals surface area contributed by atoms with Gasteiger partial charge in [0.15, 0.2) is 0 Å². The minimum atomic E-state index is -0.580. The second-order valence-corrected chi connectivity index (χ2v) is 7.35. The lowest BCUT2D eigenvalue weighted by Gasteiger charge is -2.08. The van der Waals surface area contributed by atoms with Crippen LogP contribution >= 0.6 is 22.9 Å². The number of halogens is 1. The lowest BCUT2D eigenvalue weighted by molar-refractivity contribution is -0.385. The third kappa shape index (κ3) is 3.45. The number of anilines is 1. The van der Waals surface area contributed by atoms with Gasteiger partial charge in [0, 0.05) is 17.3 Å². The standard InChI is InChI=1S/C20H12ClN3O3S/c21-15-10-9-12(22-19(25)13-5-1-3-7-17(13)24(26)27)11-14(15)20-23-16-6-2-4-8-18(16)28-20/h1-11H,(H,22,25). The molecular weight excluding hydrogens is 398 g/mol. The van der Waals surface area contributed by atoms with Crippen molar-refractivity contribution in [2.45, 2.75) is 0 Å². The number of nitrogens with one attached hydrogen (secondary N) is 1. The zero-order valence-corrected chi connectivity index (χ0v) is 15.8. The number of nitro benzene ring substituents is 1. The number of amides is 1. The predicted octanol–water partition coefficient (Wildman–Crippen LogP) is 5.78. The van der Waals surface area contributed by atoms with Gasteiger partial charge < -0.3 is 5.32 Å². The molecule has 0 spiro atoms.